The molecule has 1 aliphatic heterocycles. The van der Waals surface area contributed by atoms with Gasteiger partial charge < -0.3 is 9.47 Å². The van der Waals surface area contributed by atoms with Gasteiger partial charge in [-0.2, -0.15) is 0 Å². The van der Waals surface area contributed by atoms with E-state index in [1.807, 2.05) is 9.47 Å². The van der Waals surface area contributed by atoms with E-state index in [0.717, 1.165) is 38.8 Å². The highest BCUT2D eigenvalue weighted by atomic mass is 35.5. The molecule has 3 rings (SSSR count). The Morgan fingerprint density at radius 3 is 2.88 bits per heavy atom. The van der Waals surface area contributed by atoms with Gasteiger partial charge in [0.1, 0.15) is 0 Å². The summed E-state index contributed by atoms with van der Waals surface area (Å²) in [6, 6.07) is 0.404. The molecule has 1 aromatic rings. The number of rotatable bonds is 2. The van der Waals surface area contributed by atoms with Gasteiger partial charge in [-0.05, 0) is 25.7 Å². The van der Waals surface area contributed by atoms with E-state index in [-0.39, 0.29) is 10.9 Å². The zero-order valence-corrected chi connectivity index (χ0v) is 10.4. The van der Waals surface area contributed by atoms with Crippen LogP contribution < -0.4 is 10.5 Å². The molecule has 2 aliphatic rings. The van der Waals surface area contributed by atoms with Crippen LogP contribution in [0.5, 0.6) is 0 Å². The average molecular weight is 254 g/mol. The minimum Gasteiger partial charge on any atom is -0.351 e. The fraction of sp³-hybridized carbons (Fsp3) is 0.667. The van der Waals surface area contributed by atoms with Crippen molar-refractivity contribution in [1.29, 1.82) is 0 Å². The summed E-state index contributed by atoms with van der Waals surface area (Å²) in [5.41, 5.74) is 0.0424. The molecule has 0 bridgehead atoms. The van der Waals surface area contributed by atoms with Crippen molar-refractivity contribution in [2.24, 2.45) is 0 Å². The Balaban J connectivity index is 1.91. The molecule has 0 radical (unpaired) electrons. The van der Waals surface area contributed by atoms with Crippen molar-refractivity contribution >= 4 is 17.4 Å². The van der Waals surface area contributed by atoms with Crippen LogP contribution in [0.2, 0.25) is 0 Å². The molecule has 17 heavy (non-hydrogen) atoms. The predicted molar refractivity (Wildman–Crippen MR) is 67.9 cm³/mol. The number of hydrogen-bond acceptors (Lipinski definition) is 3. The number of hydrogen-bond donors (Lipinski definition) is 0. The van der Waals surface area contributed by atoms with Crippen LogP contribution in [0.1, 0.15) is 31.7 Å². The number of anilines is 1. The van der Waals surface area contributed by atoms with Crippen LogP contribution in [0.4, 0.5) is 5.82 Å². The van der Waals surface area contributed by atoms with E-state index in [1.165, 1.54) is 0 Å². The molecule has 92 valence electrons. The summed E-state index contributed by atoms with van der Waals surface area (Å²) in [5, 5.41) is 0.138. The molecule has 1 saturated carbocycles. The lowest BCUT2D eigenvalue weighted by Crippen LogP contribution is -2.40. The minimum absolute atomic E-state index is 0.0424. The van der Waals surface area contributed by atoms with Crippen LogP contribution in [-0.2, 0) is 0 Å². The maximum absolute atomic E-state index is 12.3. The van der Waals surface area contributed by atoms with E-state index in [4.69, 9.17) is 11.6 Å². The molecule has 2 fully saturated rings. The molecule has 4 nitrogen and oxygen atoms in total. The molecule has 1 aliphatic carbocycles. The Bertz CT molecular complexity index is 469. The third-order valence-electron chi connectivity index (χ3n) is 3.45. The summed E-state index contributed by atoms with van der Waals surface area (Å²) >= 11 is 6.15. The lowest BCUT2D eigenvalue weighted by molar-refractivity contribution is 0.572. The highest BCUT2D eigenvalue weighted by Gasteiger charge is 2.27. The summed E-state index contributed by atoms with van der Waals surface area (Å²) in [7, 11) is 0. The minimum atomic E-state index is 0.0424. The second-order valence-corrected chi connectivity index (χ2v) is 5.50. The molecular formula is C12H16ClN3O. The van der Waals surface area contributed by atoms with Gasteiger partial charge in [-0.3, -0.25) is 4.79 Å². The Morgan fingerprint density at radius 1 is 1.35 bits per heavy atom. The van der Waals surface area contributed by atoms with Crippen molar-refractivity contribution in [3.05, 3.63) is 22.7 Å². The molecule has 0 aromatic carbocycles. The number of alkyl halides is 1. The largest absolute Gasteiger partial charge is 0.351 e. The van der Waals surface area contributed by atoms with Crippen LogP contribution in [0, 0.1) is 0 Å². The van der Waals surface area contributed by atoms with E-state index < -0.39 is 0 Å². The fourth-order valence-electron chi connectivity index (χ4n) is 2.39. The van der Waals surface area contributed by atoms with Crippen molar-refractivity contribution in [3.8, 4) is 0 Å². The summed E-state index contributed by atoms with van der Waals surface area (Å²) < 4.78 is 1.82. The number of piperidine rings is 1. The maximum Gasteiger partial charge on any atom is 0.293 e. The van der Waals surface area contributed by atoms with Crippen molar-refractivity contribution < 1.29 is 0 Å². The first kappa shape index (κ1) is 11.1. The van der Waals surface area contributed by atoms with E-state index >= 15 is 0 Å². The van der Waals surface area contributed by atoms with E-state index in [1.54, 1.807) is 12.4 Å². The monoisotopic (exact) mass is 253 g/mol. The Morgan fingerprint density at radius 2 is 2.18 bits per heavy atom. The van der Waals surface area contributed by atoms with E-state index in [0.29, 0.717) is 11.9 Å². The topological polar surface area (TPSA) is 38.1 Å². The summed E-state index contributed by atoms with van der Waals surface area (Å²) in [4.78, 5) is 18.5. The molecule has 0 N–H and O–H groups in total. The molecule has 0 amide bonds. The smallest absolute Gasteiger partial charge is 0.293 e. The normalized spacial score (nSPS) is 25.0. The zero-order chi connectivity index (χ0) is 11.8. The van der Waals surface area contributed by atoms with Gasteiger partial charge in [0, 0.05) is 31.5 Å². The molecular weight excluding hydrogens is 238 g/mol. The van der Waals surface area contributed by atoms with E-state index in [2.05, 4.69) is 4.98 Å². The molecule has 1 atom stereocenters. The van der Waals surface area contributed by atoms with Gasteiger partial charge >= 0.3 is 0 Å². The Labute approximate surface area is 105 Å². The van der Waals surface area contributed by atoms with Crippen LogP contribution >= 0.6 is 11.6 Å². The van der Waals surface area contributed by atoms with Crippen LogP contribution in [0.25, 0.3) is 0 Å². The lowest BCUT2D eigenvalue weighted by atomic mass is 10.1. The van der Waals surface area contributed by atoms with Gasteiger partial charge in [-0.1, -0.05) is 0 Å². The Hall–Kier alpha value is -1.03. The number of halogens is 1. The standard InChI is InChI=1S/C12H16ClN3O/c13-9-2-1-6-15(8-9)11-12(17)16(7-5-14-11)10-3-4-10/h5,7,9-10H,1-4,6,8H2. The van der Waals surface area contributed by atoms with Crippen molar-refractivity contribution in [3.63, 3.8) is 0 Å². The van der Waals surface area contributed by atoms with E-state index in [9.17, 15) is 4.79 Å². The summed E-state index contributed by atoms with van der Waals surface area (Å²) in [6.07, 6.45) is 7.82. The highest BCUT2D eigenvalue weighted by Crippen LogP contribution is 2.33. The SMILES string of the molecule is O=c1c(N2CCCC(Cl)C2)nccn1C1CC1. The van der Waals surface area contributed by atoms with Crippen LogP contribution in [-0.4, -0.2) is 28.0 Å². The van der Waals surface area contributed by atoms with Gasteiger partial charge in [-0.25, -0.2) is 4.98 Å². The fourth-order valence-corrected chi connectivity index (χ4v) is 2.71. The maximum atomic E-state index is 12.3. The van der Waals surface area contributed by atoms with Gasteiger partial charge in [0.2, 0.25) is 0 Å². The first-order valence-electron chi connectivity index (χ1n) is 6.22. The van der Waals surface area contributed by atoms with Gasteiger partial charge in [0.05, 0.1) is 5.38 Å². The summed E-state index contributed by atoms with van der Waals surface area (Å²) in [6.45, 7) is 1.62. The molecule has 1 aromatic heterocycles. The first-order valence-corrected chi connectivity index (χ1v) is 6.65. The Kier molecular flexibility index (Phi) is 2.82. The van der Waals surface area contributed by atoms with Gasteiger partial charge in [0.25, 0.3) is 5.56 Å². The van der Waals surface area contributed by atoms with Crippen molar-refractivity contribution in [2.75, 3.05) is 18.0 Å². The molecule has 0 spiro atoms. The number of aromatic nitrogens is 2. The van der Waals surface area contributed by atoms with Gasteiger partial charge in [0.15, 0.2) is 5.82 Å². The quantitative estimate of drug-likeness (QED) is 0.755. The third-order valence-corrected chi connectivity index (χ3v) is 3.81. The second-order valence-electron chi connectivity index (χ2n) is 4.88. The number of nitrogens with zero attached hydrogens (tertiary/aromatic N) is 3. The molecule has 1 saturated heterocycles. The van der Waals surface area contributed by atoms with Crippen LogP contribution in [0.3, 0.4) is 0 Å². The average Bonchev–Trinajstić information content (AvgIpc) is 3.13. The first-order chi connectivity index (χ1) is 8.25. The lowest BCUT2D eigenvalue weighted by Gasteiger charge is -2.30. The molecule has 2 heterocycles. The van der Waals surface area contributed by atoms with Crippen LogP contribution in [0.15, 0.2) is 17.2 Å². The summed E-state index contributed by atoms with van der Waals surface area (Å²) in [5.74, 6) is 0.574. The van der Waals surface area contributed by atoms with Crippen molar-refractivity contribution in [2.45, 2.75) is 37.1 Å². The highest BCUT2D eigenvalue weighted by molar-refractivity contribution is 6.21. The van der Waals surface area contributed by atoms with Crippen molar-refractivity contribution in [1.82, 2.24) is 9.55 Å². The predicted octanol–water partition coefficient (Wildman–Crippen LogP) is 1.79. The van der Waals surface area contributed by atoms with Gasteiger partial charge in [-0.15, -0.1) is 11.6 Å². The third kappa shape index (κ3) is 2.18. The molecule has 5 heteroatoms. The zero-order valence-electron chi connectivity index (χ0n) is 9.68. The molecule has 1 unspecified atom stereocenters. The second kappa shape index (κ2) is 4.33.